The molecule has 0 saturated carbocycles. The summed E-state index contributed by atoms with van der Waals surface area (Å²) in [5, 5.41) is 56.7. The van der Waals surface area contributed by atoms with Crippen LogP contribution >= 0.6 is 0 Å². The van der Waals surface area contributed by atoms with Crippen molar-refractivity contribution in [1.29, 1.82) is 0 Å². The molecule has 0 aromatic rings. The number of hydrogen-bond donors (Lipinski definition) is 6. The van der Waals surface area contributed by atoms with Gasteiger partial charge in [-0.25, -0.2) is 0 Å². The van der Waals surface area contributed by atoms with Gasteiger partial charge in [0.1, 0.15) is 24.4 Å². The number of hydrogen-bond acceptors (Lipinski definition) is 9. The Morgan fingerprint density at radius 2 is 1.14 bits per heavy atom. The van der Waals surface area contributed by atoms with E-state index in [-0.39, 0.29) is 12.8 Å². The molecular formula is C12H22O9. The average molecular weight is 310 g/mol. The second kappa shape index (κ2) is 7.27. The molecular weight excluding hydrogens is 288 g/mol. The minimum absolute atomic E-state index is 0.0278. The molecule has 3 unspecified atom stereocenters. The van der Waals surface area contributed by atoms with Crippen LogP contribution < -0.4 is 0 Å². The van der Waals surface area contributed by atoms with Crippen LogP contribution in [0.3, 0.4) is 0 Å². The maximum Gasteiger partial charge on any atom is 0.163 e. The lowest BCUT2D eigenvalue weighted by atomic mass is 10.0. The van der Waals surface area contributed by atoms with Gasteiger partial charge >= 0.3 is 0 Å². The van der Waals surface area contributed by atoms with Crippen LogP contribution in [0, 0.1) is 0 Å². The minimum atomic E-state index is -1.21. The van der Waals surface area contributed by atoms with E-state index in [2.05, 4.69) is 0 Å². The van der Waals surface area contributed by atoms with Crippen molar-refractivity contribution in [2.75, 3.05) is 13.2 Å². The SMILES string of the molecule is OCC1O[C@H](O[C@@H]2C[C@@H](O)[C@@H](O)C(CO)O2)CC(O)[C@H]1O. The first-order valence-electron chi connectivity index (χ1n) is 6.86. The Labute approximate surface area is 121 Å². The van der Waals surface area contributed by atoms with E-state index in [0.717, 1.165) is 0 Å². The van der Waals surface area contributed by atoms with Gasteiger partial charge in [-0.15, -0.1) is 0 Å². The van der Waals surface area contributed by atoms with Gasteiger partial charge in [-0.3, -0.25) is 0 Å². The fourth-order valence-electron chi connectivity index (χ4n) is 2.48. The van der Waals surface area contributed by atoms with Crippen LogP contribution in [0.4, 0.5) is 0 Å². The van der Waals surface area contributed by atoms with Gasteiger partial charge in [-0.05, 0) is 0 Å². The molecule has 6 N–H and O–H groups in total. The van der Waals surface area contributed by atoms with Crippen LogP contribution in [-0.4, -0.2) is 93.1 Å². The molecule has 0 radical (unpaired) electrons. The maximum absolute atomic E-state index is 9.68. The predicted octanol–water partition coefficient (Wildman–Crippen LogP) is -3.34. The molecule has 21 heavy (non-hydrogen) atoms. The Morgan fingerprint density at radius 3 is 1.48 bits per heavy atom. The molecule has 2 fully saturated rings. The summed E-state index contributed by atoms with van der Waals surface area (Å²) in [5.41, 5.74) is 0. The summed E-state index contributed by atoms with van der Waals surface area (Å²) in [6.07, 6.45) is -8.54. The first-order chi connectivity index (χ1) is 9.96. The Bertz CT molecular complexity index is 298. The third-order valence-electron chi connectivity index (χ3n) is 3.73. The van der Waals surface area contributed by atoms with Crippen LogP contribution in [0.5, 0.6) is 0 Å². The lowest BCUT2D eigenvalue weighted by Gasteiger charge is -2.40. The summed E-state index contributed by atoms with van der Waals surface area (Å²) in [7, 11) is 0. The van der Waals surface area contributed by atoms with E-state index in [1.807, 2.05) is 0 Å². The average Bonchev–Trinajstić information content (AvgIpc) is 2.46. The van der Waals surface area contributed by atoms with Crippen LogP contribution in [0.15, 0.2) is 0 Å². The summed E-state index contributed by atoms with van der Waals surface area (Å²) in [5.74, 6) is 0. The smallest absolute Gasteiger partial charge is 0.163 e. The van der Waals surface area contributed by atoms with Crippen LogP contribution in [0.25, 0.3) is 0 Å². The van der Waals surface area contributed by atoms with Crippen molar-refractivity contribution in [2.45, 2.75) is 62.0 Å². The standard InChI is InChI=1S/C12H22O9/c13-3-7-11(17)5(15)1-9(19-7)21-10-2-6(16)12(18)8(4-14)20-10/h5-18H,1-4H2/t5-,6?,7?,8?,9-,10-,11-,12-/m1/s1. The van der Waals surface area contributed by atoms with Gasteiger partial charge in [0.2, 0.25) is 0 Å². The van der Waals surface area contributed by atoms with E-state index in [4.69, 9.17) is 24.4 Å². The molecule has 0 amide bonds. The largest absolute Gasteiger partial charge is 0.394 e. The van der Waals surface area contributed by atoms with Crippen molar-refractivity contribution in [3.05, 3.63) is 0 Å². The van der Waals surface area contributed by atoms with Crippen LogP contribution in [-0.2, 0) is 14.2 Å². The van der Waals surface area contributed by atoms with Crippen LogP contribution in [0.2, 0.25) is 0 Å². The monoisotopic (exact) mass is 310 g/mol. The zero-order valence-corrected chi connectivity index (χ0v) is 11.4. The highest BCUT2D eigenvalue weighted by Crippen LogP contribution is 2.27. The first-order valence-corrected chi connectivity index (χ1v) is 6.86. The molecule has 8 atom stereocenters. The highest BCUT2D eigenvalue weighted by molar-refractivity contribution is 4.85. The van der Waals surface area contributed by atoms with Gasteiger partial charge in [0.25, 0.3) is 0 Å². The number of rotatable bonds is 4. The molecule has 2 aliphatic rings. The molecule has 2 heterocycles. The molecule has 0 bridgehead atoms. The molecule has 124 valence electrons. The van der Waals surface area contributed by atoms with Crippen molar-refractivity contribution >= 4 is 0 Å². The maximum atomic E-state index is 9.68. The zero-order chi connectivity index (χ0) is 15.6. The lowest BCUT2D eigenvalue weighted by molar-refractivity contribution is -0.333. The molecule has 9 nitrogen and oxygen atoms in total. The van der Waals surface area contributed by atoms with Gasteiger partial charge in [0.05, 0.1) is 25.4 Å². The third kappa shape index (κ3) is 3.89. The molecule has 2 rings (SSSR count). The Hall–Kier alpha value is -0.360. The van der Waals surface area contributed by atoms with Gasteiger partial charge in [0, 0.05) is 12.8 Å². The topological polar surface area (TPSA) is 149 Å². The molecule has 0 aromatic heterocycles. The summed E-state index contributed by atoms with van der Waals surface area (Å²) in [6, 6.07) is 0. The zero-order valence-electron chi connectivity index (χ0n) is 11.4. The summed E-state index contributed by atoms with van der Waals surface area (Å²) in [6.45, 7) is -0.964. The molecule has 2 saturated heterocycles. The van der Waals surface area contributed by atoms with Gasteiger partial charge in [-0.2, -0.15) is 0 Å². The van der Waals surface area contributed by atoms with Crippen LogP contribution in [0.1, 0.15) is 12.8 Å². The Morgan fingerprint density at radius 1 is 0.762 bits per heavy atom. The normalized spacial score (nSPS) is 48.3. The minimum Gasteiger partial charge on any atom is -0.394 e. The number of aliphatic hydroxyl groups is 6. The molecule has 2 aliphatic heterocycles. The molecule has 0 spiro atoms. The van der Waals surface area contributed by atoms with Gasteiger partial charge in [-0.1, -0.05) is 0 Å². The van der Waals surface area contributed by atoms with Crippen molar-refractivity contribution in [3.8, 4) is 0 Å². The highest BCUT2D eigenvalue weighted by atomic mass is 16.8. The van der Waals surface area contributed by atoms with Crippen molar-refractivity contribution in [2.24, 2.45) is 0 Å². The van der Waals surface area contributed by atoms with E-state index >= 15 is 0 Å². The Balaban J connectivity index is 1.92. The highest BCUT2D eigenvalue weighted by Gasteiger charge is 2.41. The summed E-state index contributed by atoms with van der Waals surface area (Å²) in [4.78, 5) is 0. The van der Waals surface area contributed by atoms with E-state index in [1.54, 1.807) is 0 Å². The second-order valence-corrected chi connectivity index (χ2v) is 5.30. The third-order valence-corrected chi connectivity index (χ3v) is 3.73. The first kappa shape index (κ1) is 17.0. The van der Waals surface area contributed by atoms with Gasteiger partial charge in [0.15, 0.2) is 12.6 Å². The quantitative estimate of drug-likeness (QED) is 0.313. The molecule has 0 aliphatic carbocycles. The molecule has 9 heteroatoms. The van der Waals surface area contributed by atoms with Crippen molar-refractivity contribution in [1.82, 2.24) is 0 Å². The van der Waals surface area contributed by atoms with E-state index < -0.39 is 62.4 Å². The Kier molecular flexibility index (Phi) is 5.88. The summed E-state index contributed by atoms with van der Waals surface area (Å²) >= 11 is 0. The lowest BCUT2D eigenvalue weighted by Crippen LogP contribution is -2.54. The van der Waals surface area contributed by atoms with E-state index in [9.17, 15) is 20.4 Å². The fourth-order valence-corrected chi connectivity index (χ4v) is 2.48. The van der Waals surface area contributed by atoms with Gasteiger partial charge < -0.3 is 44.8 Å². The predicted molar refractivity (Wildman–Crippen MR) is 65.8 cm³/mol. The fraction of sp³-hybridized carbons (Fsp3) is 1.00. The van der Waals surface area contributed by atoms with Crippen molar-refractivity contribution in [3.63, 3.8) is 0 Å². The van der Waals surface area contributed by atoms with E-state index in [0.29, 0.717) is 0 Å². The second-order valence-electron chi connectivity index (χ2n) is 5.30. The number of aliphatic hydroxyl groups excluding tert-OH is 6. The summed E-state index contributed by atoms with van der Waals surface area (Å²) < 4.78 is 16.0. The van der Waals surface area contributed by atoms with E-state index in [1.165, 1.54) is 0 Å². The molecule has 0 aromatic carbocycles. The number of ether oxygens (including phenoxy) is 3. The van der Waals surface area contributed by atoms with Crippen molar-refractivity contribution < 1.29 is 44.8 Å².